The molecule has 1 aromatic carbocycles. The highest BCUT2D eigenvalue weighted by Gasteiger charge is 2.34. The second kappa shape index (κ2) is 6.51. The zero-order valence-electron chi connectivity index (χ0n) is 13.7. The van der Waals surface area contributed by atoms with Gasteiger partial charge in [0.05, 0.1) is 17.1 Å². The van der Waals surface area contributed by atoms with Crippen molar-refractivity contribution >= 4 is 5.91 Å². The van der Waals surface area contributed by atoms with E-state index in [9.17, 15) is 18.0 Å². The molecule has 0 aromatic heterocycles. The number of hydrogen-bond acceptors (Lipinski definition) is 2. The van der Waals surface area contributed by atoms with Crippen molar-refractivity contribution in [2.75, 3.05) is 6.54 Å². The van der Waals surface area contributed by atoms with Crippen LogP contribution in [0.15, 0.2) is 18.2 Å². The van der Waals surface area contributed by atoms with E-state index in [0.717, 1.165) is 37.9 Å². The minimum Gasteiger partial charge on any atom is -0.346 e. The highest BCUT2D eigenvalue weighted by Crippen LogP contribution is 2.33. The Labute approximate surface area is 134 Å². The summed E-state index contributed by atoms with van der Waals surface area (Å²) in [5.74, 6) is -0.162. The van der Waals surface area contributed by atoms with Crippen molar-refractivity contribution < 1.29 is 18.0 Å². The van der Waals surface area contributed by atoms with Gasteiger partial charge in [0.15, 0.2) is 0 Å². The molecule has 1 aromatic rings. The van der Waals surface area contributed by atoms with Crippen molar-refractivity contribution in [1.82, 2.24) is 10.6 Å². The lowest BCUT2D eigenvalue weighted by Gasteiger charge is -2.31. The van der Waals surface area contributed by atoms with E-state index in [2.05, 4.69) is 10.6 Å². The molecule has 1 aliphatic rings. The summed E-state index contributed by atoms with van der Waals surface area (Å²) in [5.41, 5.74) is -0.588. The van der Waals surface area contributed by atoms with Crippen LogP contribution in [0.4, 0.5) is 13.2 Å². The largest absolute Gasteiger partial charge is 0.416 e. The molecule has 0 spiro atoms. The maximum Gasteiger partial charge on any atom is 0.416 e. The van der Waals surface area contributed by atoms with Gasteiger partial charge in [0.25, 0.3) is 0 Å². The van der Waals surface area contributed by atoms with Gasteiger partial charge in [0.1, 0.15) is 0 Å². The molecule has 1 saturated heterocycles. The second-order valence-electron chi connectivity index (χ2n) is 6.70. The molecule has 23 heavy (non-hydrogen) atoms. The number of carbonyl (C=O) groups excluding carboxylic acids is 1. The number of nitrogens with one attached hydrogen (secondary N) is 2. The molecule has 1 aliphatic heterocycles. The lowest BCUT2D eigenvalue weighted by Crippen LogP contribution is -2.52. The number of hydrogen-bond donors (Lipinski definition) is 2. The number of alkyl halides is 3. The Morgan fingerprint density at radius 3 is 2.39 bits per heavy atom. The van der Waals surface area contributed by atoms with Gasteiger partial charge in [-0.05, 0) is 57.9 Å². The SMILES string of the molecule is Cc1cc(C(F)(F)F)cc(C(C)(C)NC(=O)C2CCCCN2)c1. The van der Waals surface area contributed by atoms with Crippen LogP contribution in [0.3, 0.4) is 0 Å². The number of piperidine rings is 1. The van der Waals surface area contributed by atoms with Crippen LogP contribution < -0.4 is 10.6 Å². The number of rotatable bonds is 3. The fourth-order valence-corrected chi connectivity index (χ4v) is 2.85. The predicted molar refractivity (Wildman–Crippen MR) is 83.0 cm³/mol. The maximum absolute atomic E-state index is 13.0. The Kier molecular flexibility index (Phi) is 5.04. The van der Waals surface area contributed by atoms with E-state index in [1.165, 1.54) is 0 Å². The van der Waals surface area contributed by atoms with Crippen LogP contribution in [0, 0.1) is 6.92 Å². The van der Waals surface area contributed by atoms with Gasteiger partial charge in [-0.2, -0.15) is 13.2 Å². The number of halogens is 3. The number of aryl methyl sites for hydroxylation is 1. The summed E-state index contributed by atoms with van der Waals surface area (Å²) in [7, 11) is 0. The van der Waals surface area contributed by atoms with Crippen LogP contribution in [0.2, 0.25) is 0 Å². The van der Waals surface area contributed by atoms with Gasteiger partial charge in [-0.15, -0.1) is 0 Å². The minimum absolute atomic E-state index is 0.162. The number of carbonyl (C=O) groups is 1. The highest BCUT2D eigenvalue weighted by atomic mass is 19.4. The van der Waals surface area contributed by atoms with E-state index >= 15 is 0 Å². The van der Waals surface area contributed by atoms with Crippen LogP contribution in [-0.2, 0) is 16.5 Å². The Balaban J connectivity index is 2.21. The van der Waals surface area contributed by atoms with Crippen LogP contribution in [0.1, 0.15) is 49.8 Å². The quantitative estimate of drug-likeness (QED) is 0.891. The third-order valence-corrected chi connectivity index (χ3v) is 4.19. The van der Waals surface area contributed by atoms with Crippen LogP contribution in [0.25, 0.3) is 0 Å². The zero-order chi connectivity index (χ0) is 17.3. The zero-order valence-corrected chi connectivity index (χ0v) is 13.7. The average molecular weight is 328 g/mol. The van der Waals surface area contributed by atoms with Gasteiger partial charge in [-0.25, -0.2) is 0 Å². The first-order chi connectivity index (χ1) is 10.6. The molecule has 0 saturated carbocycles. The van der Waals surface area contributed by atoms with E-state index in [4.69, 9.17) is 0 Å². The predicted octanol–water partition coefficient (Wildman–Crippen LogP) is 3.51. The van der Waals surface area contributed by atoms with Crippen molar-refractivity contribution in [3.8, 4) is 0 Å². The molecule has 1 amide bonds. The van der Waals surface area contributed by atoms with Crippen LogP contribution in [0.5, 0.6) is 0 Å². The van der Waals surface area contributed by atoms with Crippen molar-refractivity contribution in [2.24, 2.45) is 0 Å². The standard InChI is InChI=1S/C17H23F3N2O/c1-11-8-12(10-13(9-11)17(18,19)20)16(2,3)22-15(23)14-6-4-5-7-21-14/h8-10,14,21H,4-7H2,1-3H3,(H,22,23). The van der Waals surface area contributed by atoms with Crippen molar-refractivity contribution in [3.63, 3.8) is 0 Å². The Morgan fingerprint density at radius 1 is 1.17 bits per heavy atom. The first-order valence-electron chi connectivity index (χ1n) is 7.84. The minimum atomic E-state index is -4.40. The van der Waals surface area contributed by atoms with E-state index < -0.39 is 17.3 Å². The summed E-state index contributed by atoms with van der Waals surface area (Å²) >= 11 is 0. The highest BCUT2D eigenvalue weighted by molar-refractivity contribution is 5.82. The molecule has 0 aliphatic carbocycles. The monoisotopic (exact) mass is 328 g/mol. The summed E-state index contributed by atoms with van der Waals surface area (Å²) in [5, 5.41) is 6.03. The average Bonchev–Trinajstić information content (AvgIpc) is 2.46. The molecular weight excluding hydrogens is 305 g/mol. The smallest absolute Gasteiger partial charge is 0.346 e. The summed E-state index contributed by atoms with van der Waals surface area (Å²) in [6, 6.07) is 3.64. The summed E-state index contributed by atoms with van der Waals surface area (Å²) in [6.07, 6.45) is -1.62. The maximum atomic E-state index is 13.0. The van der Waals surface area contributed by atoms with E-state index in [1.54, 1.807) is 26.8 Å². The van der Waals surface area contributed by atoms with Gasteiger partial charge in [-0.1, -0.05) is 18.1 Å². The lowest BCUT2D eigenvalue weighted by molar-refractivity contribution is -0.137. The summed E-state index contributed by atoms with van der Waals surface area (Å²) < 4.78 is 39.0. The molecule has 1 heterocycles. The van der Waals surface area contributed by atoms with E-state index in [1.807, 2.05) is 0 Å². The number of amides is 1. The molecule has 3 nitrogen and oxygen atoms in total. The molecular formula is C17H23F3N2O. The summed E-state index contributed by atoms with van der Waals surface area (Å²) in [4.78, 5) is 12.4. The van der Waals surface area contributed by atoms with Gasteiger partial charge < -0.3 is 10.6 Å². The van der Waals surface area contributed by atoms with Gasteiger partial charge in [-0.3, -0.25) is 4.79 Å². The van der Waals surface area contributed by atoms with Crippen LogP contribution >= 0.6 is 0 Å². The summed E-state index contributed by atoms with van der Waals surface area (Å²) in [6.45, 7) is 5.87. The molecule has 1 unspecified atom stereocenters. The molecule has 0 radical (unpaired) electrons. The van der Waals surface area contributed by atoms with Crippen molar-refractivity contribution in [2.45, 2.75) is 57.8 Å². The first kappa shape index (κ1) is 17.8. The molecule has 128 valence electrons. The van der Waals surface area contributed by atoms with Gasteiger partial charge in [0.2, 0.25) is 5.91 Å². The van der Waals surface area contributed by atoms with Gasteiger partial charge >= 0.3 is 6.18 Å². The third kappa shape index (κ3) is 4.47. The molecule has 2 N–H and O–H groups in total. The Hall–Kier alpha value is -1.56. The fraction of sp³-hybridized carbons (Fsp3) is 0.588. The molecule has 1 atom stereocenters. The third-order valence-electron chi connectivity index (χ3n) is 4.19. The van der Waals surface area contributed by atoms with Crippen molar-refractivity contribution in [3.05, 3.63) is 34.9 Å². The van der Waals surface area contributed by atoms with Crippen molar-refractivity contribution in [1.29, 1.82) is 0 Å². The first-order valence-corrected chi connectivity index (χ1v) is 7.84. The Bertz CT molecular complexity index is 576. The fourth-order valence-electron chi connectivity index (χ4n) is 2.85. The molecule has 0 bridgehead atoms. The Morgan fingerprint density at radius 2 is 1.83 bits per heavy atom. The molecule has 6 heteroatoms. The second-order valence-corrected chi connectivity index (χ2v) is 6.70. The lowest BCUT2D eigenvalue weighted by atomic mass is 9.90. The van der Waals surface area contributed by atoms with E-state index in [-0.39, 0.29) is 11.9 Å². The van der Waals surface area contributed by atoms with Gasteiger partial charge in [0, 0.05) is 0 Å². The normalized spacial score (nSPS) is 19.5. The topological polar surface area (TPSA) is 41.1 Å². The molecule has 1 fully saturated rings. The van der Waals surface area contributed by atoms with E-state index in [0.29, 0.717) is 11.1 Å². The van der Waals surface area contributed by atoms with Crippen LogP contribution in [-0.4, -0.2) is 18.5 Å². The number of benzene rings is 1. The molecule has 2 rings (SSSR count).